The van der Waals surface area contributed by atoms with Crippen LogP contribution in [-0.2, 0) is 26.2 Å². The summed E-state index contributed by atoms with van der Waals surface area (Å²) in [6.07, 6.45) is 4.08. The van der Waals surface area contributed by atoms with Crippen LogP contribution >= 0.6 is 0 Å². The van der Waals surface area contributed by atoms with Crippen molar-refractivity contribution in [2.45, 2.75) is 26.2 Å². The minimum Gasteiger partial charge on any atom is -0.679 e. The summed E-state index contributed by atoms with van der Waals surface area (Å²) in [6.45, 7) is 2.31. The number of aliphatic imine (C=N–C) groups is 2. The Morgan fingerprint density at radius 2 is 0.711 bits per heavy atom. The summed E-state index contributed by atoms with van der Waals surface area (Å²) >= 11 is 0. The maximum Gasteiger partial charge on any atom is 0.0646 e. The Labute approximate surface area is 225 Å². The van der Waals surface area contributed by atoms with Crippen molar-refractivity contribution < 1.29 is 0 Å². The van der Waals surface area contributed by atoms with Crippen LogP contribution in [0.25, 0.3) is 10.6 Å². The Hall–Kier alpha value is -4.70. The maximum absolute atomic E-state index is 4.97. The standard InChI is InChI=1S/C34H30N4/c1-5-13-27(14-6-1)23-35-31-21-33(37-25-29-17-9-3-10-18-29)34(38-26-30-19-11-4-12-20-30)22-32(31)36-24-28-15-7-2-8-16-28/h1-22H,23-26H2/q-2. The lowest BCUT2D eigenvalue weighted by Gasteiger charge is -2.34. The van der Waals surface area contributed by atoms with Gasteiger partial charge >= 0.3 is 0 Å². The predicted molar refractivity (Wildman–Crippen MR) is 158 cm³/mol. The highest BCUT2D eigenvalue weighted by Crippen LogP contribution is 2.26. The van der Waals surface area contributed by atoms with Crippen molar-refractivity contribution in [3.63, 3.8) is 0 Å². The predicted octanol–water partition coefficient (Wildman–Crippen LogP) is 8.20. The summed E-state index contributed by atoms with van der Waals surface area (Å²) in [6, 6.07) is 41.1. The molecule has 0 amide bonds. The monoisotopic (exact) mass is 494 g/mol. The molecule has 0 spiro atoms. The van der Waals surface area contributed by atoms with E-state index in [0.29, 0.717) is 26.2 Å². The van der Waals surface area contributed by atoms with Gasteiger partial charge in [0.1, 0.15) is 0 Å². The molecular weight excluding hydrogens is 464 g/mol. The third-order valence-electron chi connectivity index (χ3n) is 6.17. The van der Waals surface area contributed by atoms with Crippen LogP contribution in [-0.4, -0.2) is 11.4 Å². The van der Waals surface area contributed by atoms with Gasteiger partial charge in [-0.05, 0) is 11.1 Å². The van der Waals surface area contributed by atoms with E-state index in [4.69, 9.17) is 20.6 Å². The molecule has 4 heteroatoms. The van der Waals surface area contributed by atoms with Gasteiger partial charge in [0.15, 0.2) is 0 Å². The Bertz CT molecular complexity index is 1310. The van der Waals surface area contributed by atoms with E-state index in [1.807, 2.05) is 84.9 Å². The molecule has 0 N–H and O–H groups in total. The molecule has 4 nitrogen and oxygen atoms in total. The zero-order valence-electron chi connectivity index (χ0n) is 21.3. The van der Waals surface area contributed by atoms with Crippen molar-refractivity contribution in [2.75, 3.05) is 0 Å². The highest BCUT2D eigenvalue weighted by Gasteiger charge is 2.08. The number of benzene rings is 4. The molecule has 0 radical (unpaired) electrons. The van der Waals surface area contributed by atoms with Crippen molar-refractivity contribution in [1.29, 1.82) is 0 Å². The van der Waals surface area contributed by atoms with E-state index in [9.17, 15) is 0 Å². The molecule has 38 heavy (non-hydrogen) atoms. The molecule has 0 fully saturated rings. The van der Waals surface area contributed by atoms with E-state index in [1.54, 1.807) is 0 Å². The maximum atomic E-state index is 4.97. The average molecular weight is 495 g/mol. The Morgan fingerprint density at radius 3 is 1.05 bits per heavy atom. The van der Waals surface area contributed by atoms with Gasteiger partial charge in [-0.1, -0.05) is 145 Å². The topological polar surface area (TPSA) is 52.9 Å². The molecular formula is C34H30N4-2. The molecule has 0 saturated carbocycles. The van der Waals surface area contributed by atoms with Gasteiger partial charge in [0.2, 0.25) is 0 Å². The molecule has 1 aliphatic carbocycles. The average Bonchev–Trinajstić information content (AvgIpc) is 2.99. The largest absolute Gasteiger partial charge is 0.679 e. The molecule has 4 aromatic carbocycles. The van der Waals surface area contributed by atoms with E-state index in [1.165, 1.54) is 0 Å². The Morgan fingerprint density at radius 1 is 0.395 bits per heavy atom. The lowest BCUT2D eigenvalue weighted by atomic mass is 10.0. The van der Waals surface area contributed by atoms with Crippen LogP contribution in [0.5, 0.6) is 0 Å². The van der Waals surface area contributed by atoms with E-state index >= 15 is 0 Å². The second kappa shape index (κ2) is 13.0. The van der Waals surface area contributed by atoms with Gasteiger partial charge in [-0.2, -0.15) is 0 Å². The first-order valence-electron chi connectivity index (χ1n) is 12.9. The minimum absolute atomic E-state index is 0.577. The van der Waals surface area contributed by atoms with Crippen LogP contribution in [0.1, 0.15) is 22.3 Å². The van der Waals surface area contributed by atoms with Crippen LogP contribution in [0.2, 0.25) is 0 Å². The number of nitrogens with zero attached hydrogens (tertiary/aromatic N) is 4. The smallest absolute Gasteiger partial charge is 0.0646 e. The second-order valence-corrected chi connectivity index (χ2v) is 9.04. The first-order chi connectivity index (χ1) is 18.8. The van der Waals surface area contributed by atoms with Gasteiger partial charge in [0.05, 0.1) is 13.1 Å². The third-order valence-corrected chi connectivity index (χ3v) is 6.17. The first kappa shape index (κ1) is 25.0. The van der Waals surface area contributed by atoms with Gasteiger partial charge < -0.3 is 10.6 Å². The van der Waals surface area contributed by atoms with Crippen molar-refractivity contribution in [1.82, 2.24) is 0 Å². The summed E-state index contributed by atoms with van der Waals surface area (Å²) in [5.41, 5.74) is 7.93. The normalized spacial score (nSPS) is 15.2. The second-order valence-electron chi connectivity index (χ2n) is 9.04. The highest BCUT2D eigenvalue weighted by atomic mass is 15.0. The van der Waals surface area contributed by atoms with Gasteiger partial charge in [0.25, 0.3) is 0 Å². The van der Waals surface area contributed by atoms with E-state index < -0.39 is 0 Å². The number of hydrogen-bond acceptors (Lipinski definition) is 2. The summed E-state index contributed by atoms with van der Waals surface area (Å²) in [5, 5.41) is 9.94. The van der Waals surface area contributed by atoms with E-state index in [0.717, 1.165) is 45.1 Å². The molecule has 4 aromatic rings. The minimum atomic E-state index is 0.577. The number of hydrogen-bond donors (Lipinski definition) is 0. The van der Waals surface area contributed by atoms with Gasteiger partial charge in [0, 0.05) is 11.4 Å². The molecule has 0 saturated heterocycles. The summed E-state index contributed by atoms with van der Waals surface area (Å²) < 4.78 is 0. The van der Waals surface area contributed by atoms with Crippen LogP contribution in [0, 0.1) is 0 Å². The molecule has 0 aromatic heterocycles. The van der Waals surface area contributed by atoms with Crippen molar-refractivity contribution >= 4 is 11.4 Å². The molecule has 0 unspecified atom stereocenters. The Kier molecular flexibility index (Phi) is 8.56. The van der Waals surface area contributed by atoms with Crippen LogP contribution in [0.15, 0.2) is 155 Å². The number of allylic oxidation sites excluding steroid dienone is 2. The van der Waals surface area contributed by atoms with Crippen LogP contribution in [0.3, 0.4) is 0 Å². The Balaban J connectivity index is 1.45. The first-order valence-corrected chi connectivity index (χ1v) is 12.9. The molecule has 0 aliphatic heterocycles. The third kappa shape index (κ3) is 7.17. The van der Waals surface area contributed by atoms with E-state index in [-0.39, 0.29) is 0 Å². The van der Waals surface area contributed by atoms with Gasteiger partial charge in [-0.3, -0.25) is 9.98 Å². The van der Waals surface area contributed by atoms with Crippen LogP contribution in [0.4, 0.5) is 0 Å². The lowest BCUT2D eigenvalue weighted by molar-refractivity contribution is 1.06. The zero-order valence-corrected chi connectivity index (χ0v) is 21.3. The van der Waals surface area contributed by atoms with Crippen LogP contribution < -0.4 is 0 Å². The molecule has 5 rings (SSSR count). The van der Waals surface area contributed by atoms with E-state index in [2.05, 4.69) is 48.5 Å². The van der Waals surface area contributed by atoms with Gasteiger partial charge in [-0.15, -0.1) is 24.5 Å². The molecule has 0 atom stereocenters. The molecule has 1 aliphatic rings. The lowest BCUT2D eigenvalue weighted by Crippen LogP contribution is -2.14. The van der Waals surface area contributed by atoms with Crippen molar-refractivity contribution in [3.05, 3.63) is 178 Å². The summed E-state index contributed by atoms with van der Waals surface area (Å²) in [4.78, 5) is 9.94. The summed E-state index contributed by atoms with van der Waals surface area (Å²) in [5.74, 6) is 0. The van der Waals surface area contributed by atoms with Crippen molar-refractivity contribution in [2.24, 2.45) is 9.98 Å². The quantitative estimate of drug-likeness (QED) is 0.200. The molecule has 188 valence electrons. The fourth-order valence-corrected chi connectivity index (χ4v) is 4.10. The van der Waals surface area contributed by atoms with Gasteiger partial charge in [-0.25, -0.2) is 0 Å². The zero-order chi connectivity index (χ0) is 25.8. The SMILES string of the molecule is C1=C([N-]Cc2ccccc2)C(=NCc2ccccc2)C=C([N-]Cc2ccccc2)C1=NCc1ccccc1. The fraction of sp³-hybridized carbons (Fsp3) is 0.118. The summed E-state index contributed by atoms with van der Waals surface area (Å²) in [7, 11) is 0. The van der Waals surface area contributed by atoms with Crippen molar-refractivity contribution in [3.8, 4) is 0 Å². The molecule has 0 heterocycles. The molecule has 0 bridgehead atoms. The fourth-order valence-electron chi connectivity index (χ4n) is 4.10. The number of rotatable bonds is 10. The highest BCUT2D eigenvalue weighted by molar-refractivity contribution is 6.25.